The fourth-order valence-corrected chi connectivity index (χ4v) is 3.01. The van der Waals surface area contributed by atoms with Crippen molar-refractivity contribution in [3.05, 3.63) is 0 Å². The molecule has 0 bridgehead atoms. The molecular formula is C13H21NO4. The molecule has 0 aromatic heterocycles. The maximum atomic E-state index is 12.2. The maximum Gasteiger partial charge on any atom is 0.311 e. The van der Waals surface area contributed by atoms with Crippen molar-refractivity contribution in [2.75, 3.05) is 26.3 Å². The smallest absolute Gasteiger partial charge is 0.311 e. The number of carboxylic acids is 1. The third-order valence-corrected chi connectivity index (χ3v) is 4.13. The first-order chi connectivity index (χ1) is 8.59. The molecule has 1 amide bonds. The van der Waals surface area contributed by atoms with Crippen LogP contribution >= 0.6 is 0 Å². The highest BCUT2D eigenvalue weighted by atomic mass is 16.5. The van der Waals surface area contributed by atoms with Gasteiger partial charge in [-0.15, -0.1) is 0 Å². The van der Waals surface area contributed by atoms with Crippen molar-refractivity contribution in [2.24, 2.45) is 11.3 Å². The quantitative estimate of drug-likeness (QED) is 0.817. The molecule has 0 spiro atoms. The summed E-state index contributed by atoms with van der Waals surface area (Å²) in [6.07, 6.45) is 2.83. The molecule has 2 atom stereocenters. The zero-order valence-electron chi connectivity index (χ0n) is 10.9. The number of ether oxygens (including phenoxy) is 1. The van der Waals surface area contributed by atoms with Crippen LogP contribution in [0.1, 0.15) is 32.6 Å². The van der Waals surface area contributed by atoms with E-state index in [9.17, 15) is 14.7 Å². The van der Waals surface area contributed by atoms with Gasteiger partial charge in [-0.2, -0.15) is 0 Å². The lowest BCUT2D eigenvalue weighted by molar-refractivity contribution is -0.149. The number of hydrogen-bond acceptors (Lipinski definition) is 3. The van der Waals surface area contributed by atoms with E-state index in [1.54, 1.807) is 4.90 Å². The predicted octanol–water partition coefficient (Wildman–Crippen LogP) is 1.13. The van der Waals surface area contributed by atoms with Crippen LogP contribution in [0.15, 0.2) is 0 Å². The molecule has 2 aliphatic heterocycles. The van der Waals surface area contributed by atoms with Gasteiger partial charge in [0.2, 0.25) is 5.91 Å². The van der Waals surface area contributed by atoms with E-state index in [1.165, 1.54) is 0 Å². The lowest BCUT2D eigenvalue weighted by Gasteiger charge is -2.25. The lowest BCUT2D eigenvalue weighted by Crippen LogP contribution is -2.39. The Morgan fingerprint density at radius 1 is 1.50 bits per heavy atom. The van der Waals surface area contributed by atoms with Crippen molar-refractivity contribution in [3.63, 3.8) is 0 Å². The van der Waals surface area contributed by atoms with E-state index in [4.69, 9.17) is 4.74 Å². The lowest BCUT2D eigenvalue weighted by atomic mass is 9.83. The first kappa shape index (κ1) is 13.3. The van der Waals surface area contributed by atoms with E-state index in [-0.39, 0.29) is 11.8 Å². The van der Waals surface area contributed by atoms with E-state index in [0.29, 0.717) is 39.1 Å². The molecule has 2 rings (SSSR count). The minimum atomic E-state index is -0.762. The molecule has 5 nitrogen and oxygen atoms in total. The van der Waals surface area contributed by atoms with Crippen LogP contribution in [-0.4, -0.2) is 48.2 Å². The number of amides is 1. The van der Waals surface area contributed by atoms with E-state index in [1.807, 2.05) is 6.92 Å². The van der Waals surface area contributed by atoms with Crippen molar-refractivity contribution in [1.29, 1.82) is 0 Å². The van der Waals surface area contributed by atoms with Crippen molar-refractivity contribution >= 4 is 11.9 Å². The fraction of sp³-hybridized carbons (Fsp3) is 0.846. The number of hydrogen-bond donors (Lipinski definition) is 1. The Kier molecular flexibility index (Phi) is 3.90. The predicted molar refractivity (Wildman–Crippen MR) is 65.1 cm³/mol. The molecule has 0 saturated carbocycles. The van der Waals surface area contributed by atoms with Crippen LogP contribution in [0.2, 0.25) is 0 Å². The molecular weight excluding hydrogens is 234 g/mol. The van der Waals surface area contributed by atoms with E-state index in [0.717, 1.165) is 12.8 Å². The van der Waals surface area contributed by atoms with Crippen LogP contribution in [0.4, 0.5) is 0 Å². The molecule has 5 heteroatoms. The largest absolute Gasteiger partial charge is 0.481 e. The molecule has 2 saturated heterocycles. The highest BCUT2D eigenvalue weighted by Gasteiger charge is 2.46. The summed E-state index contributed by atoms with van der Waals surface area (Å²) in [6.45, 7) is 4.06. The summed E-state index contributed by atoms with van der Waals surface area (Å²) in [5.74, 6) is -0.745. The molecule has 2 aliphatic rings. The normalized spacial score (nSPS) is 31.8. The minimum Gasteiger partial charge on any atom is -0.481 e. The summed E-state index contributed by atoms with van der Waals surface area (Å²) in [5.41, 5.74) is -0.718. The minimum absolute atomic E-state index is 0.0591. The second kappa shape index (κ2) is 5.26. The number of nitrogens with zero attached hydrogens (tertiary/aromatic N) is 1. The van der Waals surface area contributed by atoms with E-state index < -0.39 is 11.4 Å². The molecule has 2 fully saturated rings. The highest BCUT2D eigenvalue weighted by molar-refractivity contribution is 5.82. The summed E-state index contributed by atoms with van der Waals surface area (Å²) < 4.78 is 5.22. The van der Waals surface area contributed by atoms with Gasteiger partial charge in [-0.3, -0.25) is 9.59 Å². The summed E-state index contributed by atoms with van der Waals surface area (Å²) in [4.78, 5) is 25.4. The van der Waals surface area contributed by atoms with Gasteiger partial charge in [0.05, 0.1) is 17.9 Å². The summed E-state index contributed by atoms with van der Waals surface area (Å²) in [6, 6.07) is 0. The third kappa shape index (κ3) is 2.36. The van der Waals surface area contributed by atoms with Gasteiger partial charge in [0, 0.05) is 19.7 Å². The molecule has 1 N–H and O–H groups in total. The third-order valence-electron chi connectivity index (χ3n) is 4.13. The zero-order valence-corrected chi connectivity index (χ0v) is 10.9. The van der Waals surface area contributed by atoms with Gasteiger partial charge in [0.15, 0.2) is 0 Å². The van der Waals surface area contributed by atoms with Gasteiger partial charge in [-0.05, 0) is 19.3 Å². The van der Waals surface area contributed by atoms with Crippen LogP contribution in [-0.2, 0) is 14.3 Å². The number of aliphatic carboxylic acids is 1. The standard InChI is InChI=1S/C13H21NO4/c1-2-4-13(12(16)17)5-6-14(9-13)11(15)10-3-7-18-8-10/h10H,2-9H2,1H3,(H,16,17). The number of carbonyl (C=O) groups is 2. The molecule has 0 aromatic rings. The molecule has 2 heterocycles. The maximum absolute atomic E-state index is 12.2. The SMILES string of the molecule is CCCC1(C(=O)O)CCN(C(=O)C2CCOC2)C1. The Bertz CT molecular complexity index is 338. The number of carboxylic acid groups (broad SMARTS) is 1. The zero-order chi connectivity index (χ0) is 13.2. The van der Waals surface area contributed by atoms with Gasteiger partial charge in [-0.1, -0.05) is 13.3 Å². The molecule has 18 heavy (non-hydrogen) atoms. The Balaban J connectivity index is 2.01. The second-order valence-corrected chi connectivity index (χ2v) is 5.41. The Morgan fingerprint density at radius 2 is 2.28 bits per heavy atom. The molecule has 2 unspecified atom stereocenters. The highest BCUT2D eigenvalue weighted by Crippen LogP contribution is 2.36. The van der Waals surface area contributed by atoms with Crippen LogP contribution < -0.4 is 0 Å². The molecule has 102 valence electrons. The van der Waals surface area contributed by atoms with Crippen LogP contribution in [0.25, 0.3) is 0 Å². The molecule has 0 aliphatic carbocycles. The average Bonchev–Trinajstić information content (AvgIpc) is 2.98. The summed E-state index contributed by atoms with van der Waals surface area (Å²) in [7, 11) is 0. The monoisotopic (exact) mass is 255 g/mol. The molecule has 0 aromatic carbocycles. The van der Waals surface area contributed by atoms with Crippen molar-refractivity contribution in [3.8, 4) is 0 Å². The molecule has 0 radical (unpaired) electrons. The number of rotatable bonds is 4. The first-order valence-corrected chi connectivity index (χ1v) is 6.69. The van der Waals surface area contributed by atoms with E-state index >= 15 is 0 Å². The topological polar surface area (TPSA) is 66.8 Å². The summed E-state index contributed by atoms with van der Waals surface area (Å²) in [5, 5.41) is 9.40. The number of carbonyl (C=O) groups excluding carboxylic acids is 1. The van der Waals surface area contributed by atoms with Crippen LogP contribution in [0, 0.1) is 11.3 Å². The van der Waals surface area contributed by atoms with Gasteiger partial charge in [-0.25, -0.2) is 0 Å². The van der Waals surface area contributed by atoms with Gasteiger partial charge < -0.3 is 14.7 Å². The van der Waals surface area contributed by atoms with E-state index in [2.05, 4.69) is 0 Å². The Morgan fingerprint density at radius 3 is 2.83 bits per heavy atom. The fourth-order valence-electron chi connectivity index (χ4n) is 3.01. The average molecular weight is 255 g/mol. The van der Waals surface area contributed by atoms with Crippen molar-refractivity contribution < 1.29 is 19.4 Å². The van der Waals surface area contributed by atoms with Gasteiger partial charge in [0.25, 0.3) is 0 Å². The number of likely N-dealkylation sites (tertiary alicyclic amines) is 1. The van der Waals surface area contributed by atoms with Crippen LogP contribution in [0.3, 0.4) is 0 Å². The van der Waals surface area contributed by atoms with Gasteiger partial charge in [0.1, 0.15) is 0 Å². The summed E-state index contributed by atoms with van der Waals surface area (Å²) >= 11 is 0. The Hall–Kier alpha value is -1.10. The Labute approximate surface area is 107 Å². The second-order valence-electron chi connectivity index (χ2n) is 5.41. The first-order valence-electron chi connectivity index (χ1n) is 6.69. The van der Waals surface area contributed by atoms with Crippen LogP contribution in [0.5, 0.6) is 0 Å². The van der Waals surface area contributed by atoms with Crippen molar-refractivity contribution in [2.45, 2.75) is 32.6 Å². The van der Waals surface area contributed by atoms with Crippen molar-refractivity contribution in [1.82, 2.24) is 4.90 Å². The van der Waals surface area contributed by atoms with Gasteiger partial charge >= 0.3 is 5.97 Å².